The summed E-state index contributed by atoms with van der Waals surface area (Å²) < 4.78 is 13.9. The molecule has 144 valence electrons. The van der Waals surface area contributed by atoms with Crippen LogP contribution in [0.4, 0.5) is 15.8 Å². The lowest BCUT2D eigenvalue weighted by Gasteiger charge is -2.38. The van der Waals surface area contributed by atoms with Gasteiger partial charge in [-0.3, -0.25) is 9.59 Å². The fourth-order valence-corrected chi connectivity index (χ4v) is 3.56. The van der Waals surface area contributed by atoms with Crippen LogP contribution in [0.25, 0.3) is 0 Å². The molecule has 2 aromatic carbocycles. The highest BCUT2D eigenvalue weighted by Crippen LogP contribution is 2.40. The van der Waals surface area contributed by atoms with Crippen LogP contribution in [0.5, 0.6) is 0 Å². The first-order valence-electron chi connectivity index (χ1n) is 9.44. The second-order valence-corrected chi connectivity index (χ2v) is 7.13. The van der Waals surface area contributed by atoms with E-state index in [1.54, 1.807) is 23.1 Å². The zero-order chi connectivity index (χ0) is 19.7. The lowest BCUT2D eigenvalue weighted by Crippen LogP contribution is -2.45. The Labute approximate surface area is 163 Å². The quantitative estimate of drug-likeness (QED) is 0.812. The van der Waals surface area contributed by atoms with Gasteiger partial charge in [0.1, 0.15) is 5.82 Å². The van der Waals surface area contributed by atoms with Gasteiger partial charge in [-0.05, 0) is 54.8 Å². The number of carbonyl (C=O) groups excluding carboxylic acids is 2. The summed E-state index contributed by atoms with van der Waals surface area (Å²) in [5.74, 6) is -0.737. The first-order valence-corrected chi connectivity index (χ1v) is 9.44. The van der Waals surface area contributed by atoms with Gasteiger partial charge in [0.05, 0.1) is 11.4 Å². The molecule has 2 aromatic rings. The lowest BCUT2D eigenvalue weighted by atomic mass is 10.1. The van der Waals surface area contributed by atoms with Crippen molar-refractivity contribution in [2.75, 3.05) is 22.9 Å². The Morgan fingerprint density at radius 1 is 1.11 bits per heavy atom. The largest absolute Gasteiger partial charge is 0.365 e. The number of amides is 2. The zero-order valence-electron chi connectivity index (χ0n) is 15.5. The summed E-state index contributed by atoms with van der Waals surface area (Å²) in [7, 11) is 0. The molecule has 0 saturated heterocycles. The van der Waals surface area contributed by atoms with E-state index in [-0.39, 0.29) is 17.6 Å². The van der Waals surface area contributed by atoms with Crippen LogP contribution in [0.2, 0.25) is 0 Å². The van der Waals surface area contributed by atoms with Crippen molar-refractivity contribution in [2.45, 2.75) is 25.4 Å². The average molecular weight is 379 g/mol. The topological polar surface area (TPSA) is 52.7 Å². The number of fused-ring (bicyclic) bond motifs is 1. The van der Waals surface area contributed by atoms with Crippen LogP contribution in [0.15, 0.2) is 55.1 Å². The van der Waals surface area contributed by atoms with E-state index in [2.05, 4.69) is 16.8 Å². The minimum atomic E-state index is -0.345. The molecule has 28 heavy (non-hydrogen) atoms. The number of halogens is 1. The predicted molar refractivity (Wildman–Crippen MR) is 107 cm³/mol. The summed E-state index contributed by atoms with van der Waals surface area (Å²) >= 11 is 0. The highest BCUT2D eigenvalue weighted by atomic mass is 19.1. The van der Waals surface area contributed by atoms with E-state index in [1.165, 1.54) is 18.2 Å². The van der Waals surface area contributed by atoms with Crippen LogP contribution in [0.1, 0.15) is 28.8 Å². The standard InChI is InChI=1S/C22H22FN3O2/c1-2-21(27)24-14-15-3-5-16(6-4-15)22(28)26-12-11-25(18-8-9-18)19-10-7-17(23)13-20(19)26/h2-7,10,13,18H,1,8-9,11-12,14H2,(H,24,27). The number of nitrogens with zero attached hydrogens (tertiary/aromatic N) is 2. The molecule has 2 amide bonds. The fourth-order valence-electron chi connectivity index (χ4n) is 3.56. The molecule has 0 atom stereocenters. The van der Waals surface area contributed by atoms with Crippen LogP contribution in [-0.4, -0.2) is 30.9 Å². The molecule has 0 radical (unpaired) electrons. The number of carbonyl (C=O) groups is 2. The molecule has 0 aromatic heterocycles. The molecule has 6 heteroatoms. The van der Waals surface area contributed by atoms with Gasteiger partial charge in [0.25, 0.3) is 5.91 Å². The highest BCUT2D eigenvalue weighted by Gasteiger charge is 2.35. The van der Waals surface area contributed by atoms with Crippen molar-refractivity contribution in [2.24, 2.45) is 0 Å². The van der Waals surface area contributed by atoms with Gasteiger partial charge in [-0.25, -0.2) is 4.39 Å². The van der Waals surface area contributed by atoms with Crippen molar-refractivity contribution in [1.82, 2.24) is 5.32 Å². The van der Waals surface area contributed by atoms with Crippen molar-refractivity contribution >= 4 is 23.2 Å². The minimum absolute atomic E-state index is 0.149. The van der Waals surface area contributed by atoms with Gasteiger partial charge in [0.15, 0.2) is 0 Å². The van der Waals surface area contributed by atoms with Crippen LogP contribution >= 0.6 is 0 Å². The molecule has 0 unspecified atom stereocenters. The van der Waals surface area contributed by atoms with Crippen LogP contribution in [-0.2, 0) is 11.3 Å². The number of hydrogen-bond donors (Lipinski definition) is 1. The molecule has 0 bridgehead atoms. The third-order valence-electron chi connectivity index (χ3n) is 5.19. The van der Waals surface area contributed by atoms with E-state index in [4.69, 9.17) is 0 Å². The Bertz CT molecular complexity index is 922. The van der Waals surface area contributed by atoms with Crippen molar-refractivity contribution in [3.05, 3.63) is 72.1 Å². The molecule has 5 nitrogen and oxygen atoms in total. The van der Waals surface area contributed by atoms with Crippen LogP contribution in [0.3, 0.4) is 0 Å². The van der Waals surface area contributed by atoms with E-state index in [1.807, 2.05) is 12.1 Å². The monoisotopic (exact) mass is 379 g/mol. The molecule has 1 heterocycles. The Kier molecular flexibility index (Phi) is 4.86. The maximum Gasteiger partial charge on any atom is 0.258 e. The van der Waals surface area contributed by atoms with Gasteiger partial charge in [0.2, 0.25) is 5.91 Å². The van der Waals surface area contributed by atoms with E-state index in [9.17, 15) is 14.0 Å². The minimum Gasteiger partial charge on any atom is -0.365 e. The summed E-state index contributed by atoms with van der Waals surface area (Å²) in [6.45, 7) is 5.06. The Hall–Kier alpha value is -3.15. The molecule has 2 aliphatic rings. The van der Waals surface area contributed by atoms with Crippen molar-refractivity contribution < 1.29 is 14.0 Å². The molecule has 1 aliphatic carbocycles. The van der Waals surface area contributed by atoms with Crippen molar-refractivity contribution in [3.8, 4) is 0 Å². The van der Waals surface area contributed by atoms with Crippen molar-refractivity contribution in [1.29, 1.82) is 0 Å². The summed E-state index contributed by atoms with van der Waals surface area (Å²) in [6.07, 6.45) is 3.51. The van der Waals surface area contributed by atoms with Gasteiger partial charge < -0.3 is 15.1 Å². The number of hydrogen-bond acceptors (Lipinski definition) is 3. The first kappa shape index (κ1) is 18.2. The summed E-state index contributed by atoms with van der Waals surface area (Å²) in [5, 5.41) is 2.70. The molecular formula is C22H22FN3O2. The Balaban J connectivity index is 1.54. The van der Waals surface area contributed by atoms with Crippen LogP contribution < -0.4 is 15.1 Å². The maximum absolute atomic E-state index is 13.9. The molecule has 1 N–H and O–H groups in total. The molecule has 1 saturated carbocycles. The number of nitrogens with one attached hydrogen (secondary N) is 1. The second-order valence-electron chi connectivity index (χ2n) is 7.13. The van der Waals surface area contributed by atoms with Gasteiger partial charge in [-0.2, -0.15) is 0 Å². The first-order chi connectivity index (χ1) is 13.6. The van der Waals surface area contributed by atoms with Crippen molar-refractivity contribution in [3.63, 3.8) is 0 Å². The SMILES string of the molecule is C=CC(=O)NCc1ccc(C(=O)N2CCN(C3CC3)c3ccc(F)cc32)cc1. The third kappa shape index (κ3) is 3.63. The average Bonchev–Trinajstić information content (AvgIpc) is 3.56. The maximum atomic E-state index is 13.9. The molecule has 0 spiro atoms. The van der Waals surface area contributed by atoms with E-state index >= 15 is 0 Å². The van der Waals surface area contributed by atoms with E-state index in [0.29, 0.717) is 30.4 Å². The second kappa shape index (κ2) is 7.46. The molecular weight excluding hydrogens is 357 g/mol. The third-order valence-corrected chi connectivity index (χ3v) is 5.19. The van der Waals surface area contributed by atoms with Gasteiger partial charge in [-0.1, -0.05) is 18.7 Å². The lowest BCUT2D eigenvalue weighted by molar-refractivity contribution is -0.116. The predicted octanol–water partition coefficient (Wildman–Crippen LogP) is 3.26. The fraction of sp³-hybridized carbons (Fsp3) is 0.273. The zero-order valence-corrected chi connectivity index (χ0v) is 15.5. The molecule has 1 fully saturated rings. The number of rotatable bonds is 5. The van der Waals surface area contributed by atoms with Gasteiger partial charge >= 0.3 is 0 Å². The highest BCUT2D eigenvalue weighted by molar-refractivity contribution is 6.08. The van der Waals surface area contributed by atoms with Crippen LogP contribution in [0, 0.1) is 5.82 Å². The Morgan fingerprint density at radius 3 is 2.54 bits per heavy atom. The smallest absolute Gasteiger partial charge is 0.258 e. The van der Waals surface area contributed by atoms with Gasteiger partial charge in [0, 0.05) is 31.2 Å². The van der Waals surface area contributed by atoms with Gasteiger partial charge in [-0.15, -0.1) is 0 Å². The molecule has 4 rings (SSSR count). The van der Waals surface area contributed by atoms with E-state index < -0.39 is 0 Å². The normalized spacial score (nSPS) is 15.8. The number of anilines is 2. The summed E-state index contributed by atoms with van der Waals surface area (Å²) in [6, 6.07) is 12.3. The van der Waals surface area contributed by atoms with E-state index in [0.717, 1.165) is 30.6 Å². The summed E-state index contributed by atoms with van der Waals surface area (Å²) in [5.41, 5.74) is 2.98. The molecule has 1 aliphatic heterocycles. The Morgan fingerprint density at radius 2 is 1.86 bits per heavy atom. The summed E-state index contributed by atoms with van der Waals surface area (Å²) in [4.78, 5) is 28.3. The number of benzene rings is 2.